The van der Waals surface area contributed by atoms with Crippen molar-refractivity contribution in [3.63, 3.8) is 0 Å². The molecule has 9 heavy (non-hydrogen) atoms. The summed E-state index contributed by atoms with van der Waals surface area (Å²) in [5.41, 5.74) is 0. The van der Waals surface area contributed by atoms with E-state index in [2.05, 4.69) is 28.5 Å². The van der Waals surface area contributed by atoms with Gasteiger partial charge in [0.2, 0.25) is 0 Å². The Morgan fingerprint density at radius 2 is 2.56 bits per heavy atom. The van der Waals surface area contributed by atoms with Crippen LogP contribution < -0.4 is 5.32 Å². The number of aliphatic imine (C=N–C) groups is 1. The Kier molecular flexibility index (Phi) is 5.81. The van der Waals surface area contributed by atoms with Gasteiger partial charge in [-0.1, -0.05) is 27.3 Å². The zero-order chi connectivity index (χ0) is 7.11. The molecule has 0 spiro atoms. The van der Waals surface area contributed by atoms with Gasteiger partial charge in [-0.2, -0.15) is 0 Å². The lowest BCUT2D eigenvalue weighted by Gasteiger charge is -1.96. The Labute approximate surface area is 65.8 Å². The first-order valence-electron chi connectivity index (χ1n) is 2.51. The Bertz CT molecular complexity index is 129. The highest BCUT2D eigenvalue weighted by molar-refractivity contribution is 14.2. The van der Waals surface area contributed by atoms with E-state index in [1.165, 1.54) is 3.63 Å². The number of halogens is 1. The smallest absolute Gasteiger partial charge is 0.0868 e. The average Bonchev–Trinajstić information content (AvgIpc) is 1.91. The number of alkyl halides is 1. The number of hydrogen-bond donors (Lipinski definition) is 1. The first-order valence-corrected chi connectivity index (χ1v) is 5.75. The van der Waals surface area contributed by atoms with Crippen molar-refractivity contribution in [3.05, 3.63) is 12.8 Å². The number of nitrogens with zero attached hydrogens (tertiary/aromatic N) is 1. The van der Waals surface area contributed by atoms with Crippen LogP contribution in [-0.4, -0.2) is 21.8 Å². The normalized spacial score (nSPS) is 11.4. The van der Waals surface area contributed by atoms with Crippen LogP contribution in [0.1, 0.15) is 0 Å². The molecule has 0 unspecified atom stereocenters. The molecule has 0 saturated heterocycles. The van der Waals surface area contributed by atoms with Crippen molar-refractivity contribution >= 4 is 31.1 Å². The van der Waals surface area contributed by atoms with Crippen LogP contribution >= 0.6 is 20.7 Å². The third kappa shape index (κ3) is 4.32. The van der Waals surface area contributed by atoms with Gasteiger partial charge in [0.05, 0.1) is 10.2 Å². The molecule has 0 radical (unpaired) electrons. The molecule has 0 saturated carbocycles. The van der Waals surface area contributed by atoms with Crippen LogP contribution in [0.4, 0.5) is 0 Å². The van der Waals surface area contributed by atoms with E-state index in [1.54, 1.807) is 6.20 Å². The monoisotopic (exact) mass is 238 g/mol. The van der Waals surface area contributed by atoms with Gasteiger partial charge >= 0.3 is 0 Å². The van der Waals surface area contributed by atoms with Gasteiger partial charge in [0.25, 0.3) is 0 Å². The van der Waals surface area contributed by atoms with Crippen LogP contribution in [0, 0.1) is 0 Å². The highest BCUT2D eigenvalue weighted by Crippen LogP contribution is 1.92. The predicted molar refractivity (Wildman–Crippen MR) is 52.7 cm³/mol. The first kappa shape index (κ1) is 8.81. The second-order valence-corrected chi connectivity index (χ2v) is 3.63. The molecule has 0 heterocycles. The van der Waals surface area contributed by atoms with Crippen LogP contribution in [0.3, 0.4) is 0 Å². The molecule has 0 aliphatic rings. The quantitative estimate of drug-likeness (QED) is 0.443. The second-order valence-electron chi connectivity index (χ2n) is 1.31. The molecule has 52 valence electrons. The molecule has 0 aromatic heterocycles. The van der Waals surface area contributed by atoms with E-state index in [4.69, 9.17) is 0 Å². The maximum absolute atomic E-state index is 3.85. The Morgan fingerprint density at radius 1 is 1.89 bits per heavy atom. The van der Waals surface area contributed by atoms with E-state index in [0.29, 0.717) is 0 Å². The molecule has 0 aromatic carbocycles. The summed E-state index contributed by atoms with van der Waals surface area (Å²) in [6.45, 7) is 7.79. The van der Waals surface area contributed by atoms with Gasteiger partial charge in [0.15, 0.2) is 0 Å². The van der Waals surface area contributed by atoms with Gasteiger partial charge in [-0.15, -0.1) is 0 Å². The average molecular weight is 238 g/mol. The predicted octanol–water partition coefficient (Wildman–Crippen LogP) is 1.15. The van der Waals surface area contributed by atoms with Crippen molar-refractivity contribution in [3.8, 4) is 0 Å². The van der Waals surface area contributed by atoms with Crippen molar-refractivity contribution in [1.82, 2.24) is 5.32 Å². The highest BCUT2D eigenvalue weighted by Gasteiger charge is 1.85. The minimum absolute atomic E-state index is 0.106. The topological polar surface area (TPSA) is 24.4 Å². The van der Waals surface area contributed by atoms with Gasteiger partial charge in [-0.3, -0.25) is 4.99 Å². The van der Waals surface area contributed by atoms with Crippen LogP contribution in [0.25, 0.3) is 0 Å². The van der Waals surface area contributed by atoms with Gasteiger partial charge in [-0.05, 0) is 17.8 Å². The molecule has 0 aliphatic carbocycles. The molecule has 0 aromatic rings. The van der Waals surface area contributed by atoms with Crippen LogP contribution in [-0.2, 0) is 0 Å². The lowest BCUT2D eigenvalue weighted by molar-refractivity contribution is 1.03. The SMILES string of the molecule is C=CNCC(N=C)=IC. The molecule has 0 rings (SSSR count). The molecule has 0 aliphatic heterocycles. The third-order valence-electron chi connectivity index (χ3n) is 0.782. The van der Waals surface area contributed by atoms with Crippen molar-refractivity contribution in [2.45, 2.75) is 0 Å². The van der Waals surface area contributed by atoms with E-state index >= 15 is 0 Å². The molecule has 2 nitrogen and oxygen atoms in total. The first-order chi connectivity index (χ1) is 4.35. The fraction of sp³-hybridized carbons (Fsp3) is 0.333. The molecular formula is C6H11IN2. The lowest BCUT2D eigenvalue weighted by atomic mass is 10.6. The van der Waals surface area contributed by atoms with E-state index in [-0.39, 0.29) is 20.7 Å². The molecule has 0 bridgehead atoms. The largest absolute Gasteiger partial charge is 0.385 e. The van der Waals surface area contributed by atoms with E-state index in [9.17, 15) is 0 Å². The molecule has 0 atom stereocenters. The highest BCUT2D eigenvalue weighted by atomic mass is 127. The summed E-state index contributed by atoms with van der Waals surface area (Å²) < 4.78 is 1.17. The minimum atomic E-state index is 0.106. The molecular weight excluding hydrogens is 227 g/mol. The Morgan fingerprint density at radius 3 is 2.89 bits per heavy atom. The van der Waals surface area contributed by atoms with Gasteiger partial charge in [0.1, 0.15) is 0 Å². The number of nitrogens with one attached hydrogen (secondary N) is 1. The van der Waals surface area contributed by atoms with Gasteiger partial charge in [0, 0.05) is 0 Å². The molecule has 0 amide bonds. The summed E-state index contributed by atoms with van der Waals surface area (Å²) in [5, 5.41) is 2.97. The maximum atomic E-state index is 3.85. The summed E-state index contributed by atoms with van der Waals surface area (Å²) in [6, 6.07) is 0. The summed E-state index contributed by atoms with van der Waals surface area (Å²) in [5.74, 6) is 0. The molecule has 3 heteroatoms. The zero-order valence-corrected chi connectivity index (χ0v) is 7.68. The summed E-state index contributed by atoms with van der Waals surface area (Å²) in [4.78, 5) is 6.01. The molecule has 0 fully saturated rings. The summed E-state index contributed by atoms with van der Waals surface area (Å²) in [6.07, 6.45) is 1.67. The van der Waals surface area contributed by atoms with Crippen LogP contribution in [0.2, 0.25) is 0 Å². The standard InChI is InChI=1S/C6H11IN2/c1-4-9-5-6(7-2)8-3/h4,9H,1,3,5H2,2H3. The summed E-state index contributed by atoms with van der Waals surface area (Å²) >= 11 is 0.106. The van der Waals surface area contributed by atoms with Crippen LogP contribution in [0.15, 0.2) is 17.8 Å². The minimum Gasteiger partial charge on any atom is -0.385 e. The van der Waals surface area contributed by atoms with E-state index in [1.807, 2.05) is 0 Å². The van der Waals surface area contributed by atoms with Crippen molar-refractivity contribution in [2.75, 3.05) is 11.5 Å². The second kappa shape index (κ2) is 5.94. The third-order valence-corrected chi connectivity index (χ3v) is 2.75. The van der Waals surface area contributed by atoms with Crippen molar-refractivity contribution < 1.29 is 0 Å². The summed E-state index contributed by atoms with van der Waals surface area (Å²) in [7, 11) is 0. The van der Waals surface area contributed by atoms with E-state index < -0.39 is 0 Å². The van der Waals surface area contributed by atoms with Crippen molar-refractivity contribution in [2.24, 2.45) is 4.99 Å². The fourth-order valence-electron chi connectivity index (χ4n) is 0.339. The number of rotatable bonds is 4. The Hall–Kier alpha value is -0.190. The molecule has 1 N–H and O–H groups in total. The number of hydrogen-bond acceptors (Lipinski definition) is 2. The van der Waals surface area contributed by atoms with Gasteiger partial charge in [-0.25, -0.2) is 0 Å². The van der Waals surface area contributed by atoms with Crippen molar-refractivity contribution in [1.29, 1.82) is 0 Å². The fourth-order valence-corrected chi connectivity index (χ4v) is 1.28. The van der Waals surface area contributed by atoms with Gasteiger partial charge < -0.3 is 5.32 Å². The van der Waals surface area contributed by atoms with Crippen LogP contribution in [0.5, 0.6) is 0 Å². The maximum Gasteiger partial charge on any atom is 0.0868 e. The Balaban J connectivity index is 3.57. The zero-order valence-electron chi connectivity index (χ0n) is 5.52. The van der Waals surface area contributed by atoms with E-state index in [0.717, 1.165) is 6.54 Å². The lowest BCUT2D eigenvalue weighted by Crippen LogP contribution is -2.13.